The van der Waals surface area contributed by atoms with Gasteiger partial charge in [0, 0.05) is 0 Å². The van der Waals surface area contributed by atoms with Gasteiger partial charge in [-0.2, -0.15) is 0 Å². The lowest BCUT2D eigenvalue weighted by Crippen LogP contribution is -1.99. The van der Waals surface area contributed by atoms with Crippen LogP contribution in [-0.4, -0.2) is 0 Å². The minimum Gasteiger partial charge on any atom is -0.0999 e. The summed E-state index contributed by atoms with van der Waals surface area (Å²) in [5.41, 5.74) is 1.51. The van der Waals surface area contributed by atoms with E-state index in [0.717, 1.165) is 5.92 Å². The third-order valence-corrected chi connectivity index (χ3v) is 4.57. The normalized spacial score (nSPS) is 12.6. The van der Waals surface area contributed by atoms with Crippen molar-refractivity contribution < 1.29 is 0 Å². The van der Waals surface area contributed by atoms with Gasteiger partial charge in [0.2, 0.25) is 0 Å². The summed E-state index contributed by atoms with van der Waals surface area (Å²) < 4.78 is 0. The first-order valence-corrected chi connectivity index (χ1v) is 9.41. The maximum absolute atomic E-state index is 4.27. The van der Waals surface area contributed by atoms with Crippen molar-refractivity contribution in [2.75, 3.05) is 0 Å². The summed E-state index contributed by atoms with van der Waals surface area (Å²) in [7, 11) is 0. The Morgan fingerprint density at radius 3 is 1.90 bits per heavy atom. The monoisotopic (exact) mass is 280 g/mol. The van der Waals surface area contributed by atoms with Gasteiger partial charge >= 0.3 is 0 Å². The predicted octanol–water partition coefficient (Wildman–Crippen LogP) is 7.68. The van der Waals surface area contributed by atoms with Crippen molar-refractivity contribution >= 4 is 0 Å². The van der Waals surface area contributed by atoms with Crippen LogP contribution in [0.4, 0.5) is 0 Å². The van der Waals surface area contributed by atoms with Crippen molar-refractivity contribution in [2.45, 2.75) is 111 Å². The summed E-state index contributed by atoms with van der Waals surface area (Å²) >= 11 is 0. The van der Waals surface area contributed by atoms with Crippen molar-refractivity contribution in [3.8, 4) is 0 Å². The summed E-state index contributed by atoms with van der Waals surface area (Å²) in [6.07, 6.45) is 19.3. The molecule has 0 aliphatic carbocycles. The second-order valence-corrected chi connectivity index (χ2v) is 6.58. The molecule has 0 aliphatic heterocycles. The van der Waals surface area contributed by atoms with Crippen molar-refractivity contribution in [1.82, 2.24) is 0 Å². The Morgan fingerprint density at radius 2 is 1.25 bits per heavy atom. The van der Waals surface area contributed by atoms with Crippen LogP contribution in [0.25, 0.3) is 0 Å². The maximum Gasteiger partial charge on any atom is -0.0323 e. The Kier molecular flexibility index (Phi) is 14.9. The molecule has 0 bridgehead atoms. The largest absolute Gasteiger partial charge is 0.0999 e. The fraction of sp³-hybridized carbons (Fsp3) is 0.900. The summed E-state index contributed by atoms with van der Waals surface area (Å²) in [4.78, 5) is 0. The van der Waals surface area contributed by atoms with Crippen LogP contribution >= 0.6 is 0 Å². The van der Waals surface area contributed by atoms with Gasteiger partial charge in [-0.1, -0.05) is 97.1 Å². The molecule has 0 heterocycles. The van der Waals surface area contributed by atoms with Gasteiger partial charge in [0.1, 0.15) is 0 Å². The first kappa shape index (κ1) is 19.7. The van der Waals surface area contributed by atoms with Gasteiger partial charge in [-0.3, -0.25) is 0 Å². The van der Waals surface area contributed by atoms with E-state index in [0.29, 0.717) is 0 Å². The molecule has 1 atom stereocenters. The van der Waals surface area contributed by atoms with Crippen LogP contribution < -0.4 is 0 Å². The average Bonchev–Trinajstić information content (AvgIpc) is 2.46. The molecule has 1 unspecified atom stereocenters. The molecule has 0 spiro atoms. The first-order chi connectivity index (χ1) is 9.74. The Hall–Kier alpha value is -0.260. The van der Waals surface area contributed by atoms with E-state index in [-0.39, 0.29) is 0 Å². The first-order valence-electron chi connectivity index (χ1n) is 9.41. The number of unbranched alkanes of at least 4 members (excludes halogenated alkanes) is 6. The molecule has 120 valence electrons. The van der Waals surface area contributed by atoms with E-state index in [1.165, 1.54) is 95.5 Å². The fourth-order valence-electron chi connectivity index (χ4n) is 2.97. The molecule has 0 amide bonds. The van der Waals surface area contributed by atoms with Crippen LogP contribution in [0.3, 0.4) is 0 Å². The summed E-state index contributed by atoms with van der Waals surface area (Å²) in [5, 5.41) is 0. The van der Waals surface area contributed by atoms with Gasteiger partial charge < -0.3 is 0 Å². The van der Waals surface area contributed by atoms with E-state index in [4.69, 9.17) is 0 Å². The molecule has 0 aromatic carbocycles. The van der Waals surface area contributed by atoms with Gasteiger partial charge in [-0.05, 0) is 31.6 Å². The SMILES string of the molecule is C=C(CCCCCCCC)CCCC(CC)CCCC. The number of hydrogen-bond acceptors (Lipinski definition) is 0. The highest BCUT2D eigenvalue weighted by Gasteiger charge is 2.05. The van der Waals surface area contributed by atoms with Crippen LogP contribution in [-0.2, 0) is 0 Å². The van der Waals surface area contributed by atoms with Gasteiger partial charge in [0.25, 0.3) is 0 Å². The average molecular weight is 281 g/mol. The van der Waals surface area contributed by atoms with Gasteiger partial charge in [-0.25, -0.2) is 0 Å². The topological polar surface area (TPSA) is 0 Å². The molecule has 0 radical (unpaired) electrons. The minimum atomic E-state index is 0.969. The molecule has 0 aromatic rings. The standard InChI is InChI=1S/C20H40/c1-5-8-10-11-12-13-15-19(4)16-14-18-20(7-3)17-9-6-2/h20H,4-18H2,1-3H3. The lowest BCUT2D eigenvalue weighted by Gasteiger charge is -2.14. The molecule has 20 heavy (non-hydrogen) atoms. The Morgan fingerprint density at radius 1 is 0.700 bits per heavy atom. The second-order valence-electron chi connectivity index (χ2n) is 6.58. The number of rotatable bonds is 15. The molecular formula is C20H40. The zero-order chi connectivity index (χ0) is 15.1. The van der Waals surface area contributed by atoms with E-state index in [9.17, 15) is 0 Å². The zero-order valence-corrected chi connectivity index (χ0v) is 14.7. The molecule has 0 nitrogen and oxygen atoms in total. The van der Waals surface area contributed by atoms with E-state index in [2.05, 4.69) is 27.4 Å². The zero-order valence-electron chi connectivity index (χ0n) is 14.7. The molecular weight excluding hydrogens is 240 g/mol. The van der Waals surface area contributed by atoms with Crippen LogP contribution in [0.1, 0.15) is 111 Å². The smallest absolute Gasteiger partial charge is 0.0323 e. The lowest BCUT2D eigenvalue weighted by atomic mass is 9.92. The van der Waals surface area contributed by atoms with Crippen molar-refractivity contribution in [3.63, 3.8) is 0 Å². The van der Waals surface area contributed by atoms with E-state index >= 15 is 0 Å². The summed E-state index contributed by atoms with van der Waals surface area (Å²) in [6, 6.07) is 0. The number of allylic oxidation sites excluding steroid dienone is 1. The molecule has 0 N–H and O–H groups in total. The molecule has 0 aromatic heterocycles. The van der Waals surface area contributed by atoms with Crippen LogP contribution in [0, 0.1) is 5.92 Å². The van der Waals surface area contributed by atoms with Crippen LogP contribution in [0.5, 0.6) is 0 Å². The van der Waals surface area contributed by atoms with Crippen molar-refractivity contribution in [2.24, 2.45) is 5.92 Å². The molecule has 0 heteroatoms. The van der Waals surface area contributed by atoms with Crippen LogP contribution in [0.15, 0.2) is 12.2 Å². The third-order valence-electron chi connectivity index (χ3n) is 4.57. The van der Waals surface area contributed by atoms with E-state index < -0.39 is 0 Å². The summed E-state index contributed by atoms with van der Waals surface area (Å²) in [6.45, 7) is 11.2. The molecule has 0 saturated heterocycles. The minimum absolute atomic E-state index is 0.969. The quantitative estimate of drug-likeness (QED) is 0.213. The number of hydrogen-bond donors (Lipinski definition) is 0. The molecule has 0 fully saturated rings. The Labute approximate surface area is 129 Å². The molecule has 0 rings (SSSR count). The van der Waals surface area contributed by atoms with Crippen LogP contribution in [0.2, 0.25) is 0 Å². The predicted molar refractivity (Wildman–Crippen MR) is 94.3 cm³/mol. The van der Waals surface area contributed by atoms with Crippen molar-refractivity contribution in [1.29, 1.82) is 0 Å². The maximum atomic E-state index is 4.27. The Balaban J connectivity index is 3.43. The summed E-state index contributed by atoms with van der Waals surface area (Å²) in [5.74, 6) is 0.969. The van der Waals surface area contributed by atoms with E-state index in [1.54, 1.807) is 0 Å². The highest BCUT2D eigenvalue weighted by Crippen LogP contribution is 2.22. The van der Waals surface area contributed by atoms with Crippen molar-refractivity contribution in [3.05, 3.63) is 12.2 Å². The second kappa shape index (κ2) is 15.1. The van der Waals surface area contributed by atoms with E-state index in [1.807, 2.05) is 0 Å². The molecule has 0 aliphatic rings. The lowest BCUT2D eigenvalue weighted by molar-refractivity contribution is 0.409. The third kappa shape index (κ3) is 12.8. The Bertz CT molecular complexity index is 204. The van der Waals surface area contributed by atoms with Gasteiger partial charge in [0.15, 0.2) is 0 Å². The van der Waals surface area contributed by atoms with Gasteiger partial charge in [-0.15, -0.1) is 0 Å². The molecule has 0 saturated carbocycles. The van der Waals surface area contributed by atoms with Gasteiger partial charge in [0.05, 0.1) is 0 Å². The highest BCUT2D eigenvalue weighted by atomic mass is 14.1. The highest BCUT2D eigenvalue weighted by molar-refractivity contribution is 4.93. The fourth-order valence-corrected chi connectivity index (χ4v) is 2.97.